The van der Waals surface area contributed by atoms with Crippen molar-refractivity contribution in [2.75, 3.05) is 5.32 Å². The number of aromatic nitrogens is 3. The van der Waals surface area contributed by atoms with Gasteiger partial charge in [-0.2, -0.15) is 0 Å². The number of pyridine rings is 2. The van der Waals surface area contributed by atoms with Crippen LogP contribution in [0.15, 0.2) is 85.3 Å². The van der Waals surface area contributed by atoms with Crippen LogP contribution in [0.25, 0.3) is 22.2 Å². The molecule has 0 saturated carbocycles. The van der Waals surface area contributed by atoms with Gasteiger partial charge in [0.25, 0.3) is 5.91 Å². The molecule has 0 aliphatic heterocycles. The molecule has 2 aromatic carbocycles. The number of carbonyl (C=O) groups is 1. The van der Waals surface area contributed by atoms with E-state index >= 15 is 0 Å². The monoisotopic (exact) mass is 440 g/mol. The van der Waals surface area contributed by atoms with Crippen LogP contribution in [-0.4, -0.2) is 20.9 Å². The van der Waals surface area contributed by atoms with E-state index in [1.807, 2.05) is 36.4 Å². The molecule has 0 fully saturated rings. The van der Waals surface area contributed by atoms with Crippen LogP contribution >= 0.6 is 11.3 Å². The third-order valence-corrected chi connectivity index (χ3v) is 5.92. The summed E-state index contributed by atoms with van der Waals surface area (Å²) < 4.78 is 13.1. The van der Waals surface area contributed by atoms with Crippen molar-refractivity contribution in [1.82, 2.24) is 15.0 Å². The van der Waals surface area contributed by atoms with Gasteiger partial charge in [-0.05, 0) is 42.0 Å². The van der Waals surface area contributed by atoms with E-state index in [4.69, 9.17) is 4.98 Å². The van der Waals surface area contributed by atoms with Gasteiger partial charge in [-0.1, -0.05) is 30.3 Å². The van der Waals surface area contributed by atoms with E-state index in [1.165, 1.54) is 23.5 Å². The number of halogens is 1. The minimum absolute atomic E-state index is 0.249. The number of para-hydroxylation sites is 1. The molecule has 0 aliphatic carbocycles. The van der Waals surface area contributed by atoms with Gasteiger partial charge in [0.1, 0.15) is 5.82 Å². The molecule has 5 nitrogen and oxygen atoms in total. The van der Waals surface area contributed by atoms with Crippen molar-refractivity contribution in [3.63, 3.8) is 0 Å². The first-order valence-corrected chi connectivity index (χ1v) is 10.8. The minimum atomic E-state index is -0.262. The zero-order valence-electron chi connectivity index (χ0n) is 16.8. The summed E-state index contributed by atoms with van der Waals surface area (Å²) in [5.41, 5.74) is 3.83. The summed E-state index contributed by atoms with van der Waals surface area (Å²) in [4.78, 5) is 27.3. The summed E-state index contributed by atoms with van der Waals surface area (Å²) in [7, 11) is 0. The molecular weight excluding hydrogens is 423 g/mol. The lowest BCUT2D eigenvalue weighted by molar-refractivity contribution is 0.102. The number of thiazole rings is 1. The van der Waals surface area contributed by atoms with E-state index in [0.717, 1.165) is 26.9 Å². The lowest BCUT2D eigenvalue weighted by atomic mass is 10.0. The minimum Gasteiger partial charge on any atom is -0.298 e. The first-order chi connectivity index (χ1) is 15.7. The fourth-order valence-electron chi connectivity index (χ4n) is 3.45. The highest BCUT2D eigenvalue weighted by atomic mass is 32.1. The van der Waals surface area contributed by atoms with E-state index in [9.17, 15) is 9.18 Å². The molecule has 5 aromatic rings. The Bertz CT molecular complexity index is 1400. The second-order valence-electron chi connectivity index (χ2n) is 7.20. The van der Waals surface area contributed by atoms with Crippen molar-refractivity contribution < 1.29 is 9.18 Å². The third kappa shape index (κ3) is 4.24. The Morgan fingerprint density at radius 1 is 1.00 bits per heavy atom. The van der Waals surface area contributed by atoms with Crippen LogP contribution in [0.2, 0.25) is 0 Å². The van der Waals surface area contributed by atoms with Crippen molar-refractivity contribution in [3.05, 3.63) is 107 Å². The van der Waals surface area contributed by atoms with Crippen LogP contribution in [0.4, 0.5) is 9.52 Å². The molecule has 1 amide bonds. The fraction of sp³-hybridized carbons (Fsp3) is 0.0400. The van der Waals surface area contributed by atoms with Crippen LogP contribution in [0.3, 0.4) is 0 Å². The summed E-state index contributed by atoms with van der Waals surface area (Å²) in [6.07, 6.45) is 5.75. The van der Waals surface area contributed by atoms with Crippen molar-refractivity contribution in [3.8, 4) is 11.3 Å². The van der Waals surface area contributed by atoms with E-state index in [1.54, 1.807) is 36.8 Å². The van der Waals surface area contributed by atoms with Gasteiger partial charge in [0.15, 0.2) is 5.13 Å². The first kappa shape index (κ1) is 20.0. The Kier molecular flexibility index (Phi) is 5.39. The van der Waals surface area contributed by atoms with Gasteiger partial charge >= 0.3 is 0 Å². The molecule has 3 aromatic heterocycles. The van der Waals surface area contributed by atoms with Crippen molar-refractivity contribution in [1.29, 1.82) is 0 Å². The summed E-state index contributed by atoms with van der Waals surface area (Å²) >= 11 is 1.40. The second kappa shape index (κ2) is 8.64. The Balaban J connectivity index is 1.42. The van der Waals surface area contributed by atoms with E-state index in [0.29, 0.717) is 22.8 Å². The Hall–Kier alpha value is -3.97. The normalized spacial score (nSPS) is 10.9. The standard InChI is InChI=1S/C25H17FN4OS/c26-18-7-5-16(6-8-18)13-19-15-28-25(32-19)30-24(31)21-14-23(17-9-11-27-12-10-17)29-22-4-2-1-3-20(21)22/h1-12,14-15H,13H2,(H,28,30,31). The molecule has 0 unspecified atom stereocenters. The number of carbonyl (C=O) groups excluding carboxylic acids is 1. The maximum atomic E-state index is 13.2. The van der Waals surface area contributed by atoms with Crippen LogP contribution < -0.4 is 5.32 Å². The van der Waals surface area contributed by atoms with Crippen molar-refractivity contribution in [2.24, 2.45) is 0 Å². The highest BCUT2D eigenvalue weighted by Crippen LogP contribution is 2.27. The number of amides is 1. The fourth-order valence-corrected chi connectivity index (χ4v) is 4.29. The number of fused-ring (bicyclic) bond motifs is 1. The lowest BCUT2D eigenvalue weighted by Gasteiger charge is -2.09. The number of benzene rings is 2. The highest BCUT2D eigenvalue weighted by Gasteiger charge is 2.15. The molecule has 3 heterocycles. The van der Waals surface area contributed by atoms with Crippen molar-refractivity contribution in [2.45, 2.75) is 6.42 Å². The smallest absolute Gasteiger partial charge is 0.258 e. The van der Waals surface area contributed by atoms with Gasteiger partial charge in [0.2, 0.25) is 0 Å². The van der Waals surface area contributed by atoms with Crippen LogP contribution in [0.1, 0.15) is 20.8 Å². The molecule has 0 bridgehead atoms. The Labute approximate surface area is 187 Å². The molecule has 156 valence electrons. The number of rotatable bonds is 5. The Morgan fingerprint density at radius 3 is 2.59 bits per heavy atom. The second-order valence-corrected chi connectivity index (χ2v) is 8.31. The quantitative estimate of drug-likeness (QED) is 0.379. The zero-order valence-corrected chi connectivity index (χ0v) is 17.6. The molecular formula is C25H17FN4OS. The largest absolute Gasteiger partial charge is 0.298 e. The summed E-state index contributed by atoms with van der Waals surface area (Å²) in [5.74, 6) is -0.511. The number of anilines is 1. The highest BCUT2D eigenvalue weighted by molar-refractivity contribution is 7.15. The number of nitrogens with one attached hydrogen (secondary N) is 1. The van der Waals surface area contributed by atoms with Crippen molar-refractivity contribution >= 4 is 33.3 Å². The van der Waals surface area contributed by atoms with E-state index in [-0.39, 0.29) is 11.7 Å². The average molecular weight is 441 g/mol. The predicted octanol–water partition coefficient (Wildman–Crippen LogP) is 5.74. The number of nitrogens with zero attached hydrogens (tertiary/aromatic N) is 3. The summed E-state index contributed by atoms with van der Waals surface area (Å²) in [6, 6.07) is 19.4. The Morgan fingerprint density at radius 2 is 1.78 bits per heavy atom. The topological polar surface area (TPSA) is 67.8 Å². The van der Waals surface area contributed by atoms with Crippen LogP contribution in [0, 0.1) is 5.82 Å². The molecule has 0 spiro atoms. The number of hydrogen-bond donors (Lipinski definition) is 1. The molecule has 0 radical (unpaired) electrons. The average Bonchev–Trinajstić information content (AvgIpc) is 3.27. The molecule has 32 heavy (non-hydrogen) atoms. The first-order valence-electron chi connectivity index (χ1n) is 9.96. The lowest BCUT2D eigenvalue weighted by Crippen LogP contribution is -2.12. The van der Waals surface area contributed by atoms with E-state index < -0.39 is 0 Å². The molecule has 1 N–H and O–H groups in total. The van der Waals surface area contributed by atoms with Crippen LogP contribution in [0.5, 0.6) is 0 Å². The molecule has 0 saturated heterocycles. The zero-order chi connectivity index (χ0) is 21.9. The van der Waals surface area contributed by atoms with Crippen LogP contribution in [-0.2, 0) is 6.42 Å². The van der Waals surface area contributed by atoms with Gasteiger partial charge in [0.05, 0.1) is 16.8 Å². The SMILES string of the molecule is O=C(Nc1ncc(Cc2ccc(F)cc2)s1)c1cc(-c2ccncc2)nc2ccccc12. The molecule has 0 aliphatic rings. The third-order valence-electron chi connectivity index (χ3n) is 5.00. The van der Waals surface area contributed by atoms with Gasteiger partial charge in [-0.25, -0.2) is 14.4 Å². The molecule has 7 heteroatoms. The summed E-state index contributed by atoms with van der Waals surface area (Å²) in [6.45, 7) is 0. The van der Waals surface area contributed by atoms with Gasteiger partial charge < -0.3 is 0 Å². The molecule has 5 rings (SSSR count). The van der Waals surface area contributed by atoms with E-state index in [2.05, 4.69) is 15.3 Å². The maximum Gasteiger partial charge on any atom is 0.258 e. The predicted molar refractivity (Wildman–Crippen MR) is 124 cm³/mol. The molecule has 0 atom stereocenters. The maximum absolute atomic E-state index is 13.2. The van der Waals surface area contributed by atoms with Gasteiger partial charge in [-0.15, -0.1) is 11.3 Å². The van der Waals surface area contributed by atoms with Gasteiger partial charge in [-0.3, -0.25) is 15.1 Å². The van der Waals surface area contributed by atoms with Gasteiger partial charge in [0, 0.05) is 40.8 Å². The summed E-state index contributed by atoms with van der Waals surface area (Å²) in [5, 5.41) is 4.19. The number of hydrogen-bond acceptors (Lipinski definition) is 5.